The molecular weight excluding hydrogens is 230 g/mol. The first kappa shape index (κ1) is 11.0. The summed E-state index contributed by atoms with van der Waals surface area (Å²) < 4.78 is 5.12. The van der Waals surface area contributed by atoms with Gasteiger partial charge in [0, 0.05) is 16.5 Å². The number of Topliss-reactive ketones (excluding diaryl/α,β-unsaturated/α-hetero) is 1. The van der Waals surface area contributed by atoms with Crippen molar-refractivity contribution in [1.82, 2.24) is 4.98 Å². The lowest BCUT2D eigenvalue weighted by Crippen LogP contribution is -2.19. The first-order chi connectivity index (χ1) is 8.65. The van der Waals surface area contributed by atoms with E-state index in [-0.39, 0.29) is 11.5 Å². The van der Waals surface area contributed by atoms with Gasteiger partial charge in [0.05, 0.1) is 18.4 Å². The largest absolute Gasteiger partial charge is 0.493 e. The number of carbonyl (C=O) groups is 1. The van der Waals surface area contributed by atoms with Crippen LogP contribution in [0.15, 0.2) is 35.6 Å². The summed E-state index contributed by atoms with van der Waals surface area (Å²) in [4.78, 5) is 15.5. The van der Waals surface area contributed by atoms with Gasteiger partial charge in [-0.2, -0.15) is 0 Å². The number of aliphatic hydroxyl groups is 1. The number of ether oxygens (including phenoxy) is 1. The number of methoxy groups -OCH3 is 1. The van der Waals surface area contributed by atoms with E-state index in [4.69, 9.17) is 4.74 Å². The lowest BCUT2D eigenvalue weighted by Gasteiger charge is -2.21. The molecule has 0 fully saturated rings. The zero-order valence-electron chi connectivity index (χ0n) is 10.2. The average molecular weight is 243 g/mol. The Morgan fingerprint density at radius 2 is 2.06 bits per heavy atom. The predicted molar refractivity (Wildman–Crippen MR) is 67.3 cm³/mol. The van der Waals surface area contributed by atoms with Gasteiger partial charge in [0.15, 0.2) is 5.76 Å². The van der Waals surface area contributed by atoms with E-state index < -0.39 is 6.10 Å². The summed E-state index contributed by atoms with van der Waals surface area (Å²) in [7, 11) is 1.45. The van der Waals surface area contributed by atoms with Crippen LogP contribution in [0.5, 0.6) is 0 Å². The maximum absolute atomic E-state index is 12.4. The first-order valence-corrected chi connectivity index (χ1v) is 5.73. The number of aliphatic hydroxyl groups excluding tert-OH is 1. The van der Waals surface area contributed by atoms with Crippen LogP contribution in [-0.2, 0) is 4.74 Å². The second-order valence-electron chi connectivity index (χ2n) is 4.41. The van der Waals surface area contributed by atoms with Crippen LogP contribution in [0.25, 0.3) is 10.9 Å². The predicted octanol–water partition coefficient (Wildman–Crippen LogP) is 2.32. The Morgan fingerprint density at radius 3 is 2.78 bits per heavy atom. The number of aromatic nitrogens is 1. The maximum atomic E-state index is 12.4. The summed E-state index contributed by atoms with van der Waals surface area (Å²) in [5, 5.41) is 11.0. The van der Waals surface area contributed by atoms with E-state index in [0.717, 1.165) is 10.9 Å². The normalized spacial score (nSPS) is 19.3. The third-order valence-electron chi connectivity index (χ3n) is 3.41. The molecule has 1 unspecified atom stereocenters. The van der Waals surface area contributed by atoms with E-state index in [1.165, 1.54) is 7.11 Å². The molecule has 1 aliphatic carbocycles. The summed E-state index contributed by atoms with van der Waals surface area (Å²) in [6, 6.07) is 7.51. The van der Waals surface area contributed by atoms with Crippen molar-refractivity contribution in [1.29, 1.82) is 0 Å². The van der Waals surface area contributed by atoms with Crippen molar-refractivity contribution in [3.05, 3.63) is 46.9 Å². The number of rotatable bonds is 1. The first-order valence-electron chi connectivity index (χ1n) is 5.73. The Kier molecular flexibility index (Phi) is 2.28. The van der Waals surface area contributed by atoms with Crippen molar-refractivity contribution in [2.24, 2.45) is 0 Å². The van der Waals surface area contributed by atoms with Gasteiger partial charge in [-0.05, 0) is 13.0 Å². The van der Waals surface area contributed by atoms with Gasteiger partial charge < -0.3 is 14.8 Å². The summed E-state index contributed by atoms with van der Waals surface area (Å²) in [5.74, 6) is 0.0625. The molecule has 2 N–H and O–H groups in total. The van der Waals surface area contributed by atoms with Crippen molar-refractivity contribution in [2.75, 3.05) is 7.11 Å². The number of aromatic amines is 1. The highest BCUT2D eigenvalue weighted by molar-refractivity contribution is 6.17. The van der Waals surface area contributed by atoms with Gasteiger partial charge in [-0.1, -0.05) is 18.2 Å². The van der Waals surface area contributed by atoms with Gasteiger partial charge in [0.1, 0.15) is 6.10 Å². The minimum Gasteiger partial charge on any atom is -0.493 e. The minimum atomic E-state index is -0.819. The molecule has 0 radical (unpaired) electrons. The highest BCUT2D eigenvalue weighted by Gasteiger charge is 2.34. The van der Waals surface area contributed by atoms with Gasteiger partial charge >= 0.3 is 0 Å². The van der Waals surface area contributed by atoms with Gasteiger partial charge in [-0.15, -0.1) is 0 Å². The molecule has 18 heavy (non-hydrogen) atoms. The fourth-order valence-corrected chi connectivity index (χ4v) is 2.50. The Balaban J connectivity index is 2.35. The molecule has 0 spiro atoms. The number of hydrogen-bond acceptors (Lipinski definition) is 3. The van der Waals surface area contributed by atoms with Crippen LogP contribution in [-0.4, -0.2) is 23.0 Å². The second kappa shape index (κ2) is 3.71. The topological polar surface area (TPSA) is 62.3 Å². The molecule has 0 saturated heterocycles. The van der Waals surface area contributed by atoms with Crippen LogP contribution in [0.1, 0.15) is 29.1 Å². The fraction of sp³-hybridized carbons (Fsp3) is 0.214. The molecule has 1 atom stereocenters. The van der Waals surface area contributed by atoms with Gasteiger partial charge in [-0.3, -0.25) is 4.79 Å². The highest BCUT2D eigenvalue weighted by Crippen LogP contribution is 2.37. The van der Waals surface area contributed by atoms with Gasteiger partial charge in [0.2, 0.25) is 5.78 Å². The van der Waals surface area contributed by atoms with Crippen LogP contribution >= 0.6 is 0 Å². The molecule has 92 valence electrons. The molecule has 2 aromatic rings. The summed E-state index contributed by atoms with van der Waals surface area (Å²) in [6.07, 6.45) is -0.819. The lowest BCUT2D eigenvalue weighted by molar-refractivity contribution is 0.0916. The van der Waals surface area contributed by atoms with Crippen molar-refractivity contribution >= 4 is 16.7 Å². The lowest BCUT2D eigenvalue weighted by atomic mass is 9.91. The van der Waals surface area contributed by atoms with Crippen molar-refractivity contribution in [3.63, 3.8) is 0 Å². The molecule has 4 heteroatoms. The van der Waals surface area contributed by atoms with Crippen LogP contribution in [0.3, 0.4) is 0 Å². The monoisotopic (exact) mass is 243 g/mol. The quantitative estimate of drug-likeness (QED) is 0.808. The van der Waals surface area contributed by atoms with Crippen LogP contribution < -0.4 is 0 Å². The standard InChI is InChI=1S/C14H13NO3/c1-7-12(16)11-10(13(17)14(7)18-2)8-5-3-4-6-9(8)15-11/h3-6,12,15-16H,1-2H3. The maximum Gasteiger partial charge on any atom is 0.230 e. The van der Waals surface area contributed by atoms with Crippen LogP contribution in [0, 0.1) is 0 Å². The average Bonchev–Trinajstić information content (AvgIpc) is 2.76. The summed E-state index contributed by atoms with van der Waals surface area (Å²) in [6.45, 7) is 1.70. The van der Waals surface area contributed by atoms with Crippen molar-refractivity contribution < 1.29 is 14.6 Å². The van der Waals surface area contributed by atoms with E-state index in [1.807, 2.05) is 24.3 Å². The molecule has 4 nitrogen and oxygen atoms in total. The molecular formula is C14H13NO3. The van der Waals surface area contributed by atoms with E-state index in [9.17, 15) is 9.90 Å². The molecule has 1 heterocycles. The third-order valence-corrected chi connectivity index (χ3v) is 3.41. The van der Waals surface area contributed by atoms with E-state index in [0.29, 0.717) is 16.8 Å². The highest BCUT2D eigenvalue weighted by atomic mass is 16.5. The zero-order valence-corrected chi connectivity index (χ0v) is 10.2. The van der Waals surface area contributed by atoms with E-state index in [2.05, 4.69) is 4.98 Å². The second-order valence-corrected chi connectivity index (χ2v) is 4.41. The minimum absolute atomic E-state index is 0.173. The SMILES string of the molecule is COC1=C(C)C(O)c2[nH]c3ccccc3c2C1=O. The van der Waals surface area contributed by atoms with Crippen LogP contribution in [0.2, 0.25) is 0 Å². The number of benzene rings is 1. The molecule has 0 bridgehead atoms. The molecule has 0 amide bonds. The number of H-pyrrole nitrogens is 1. The van der Waals surface area contributed by atoms with E-state index >= 15 is 0 Å². The molecule has 0 aliphatic heterocycles. The Bertz CT molecular complexity index is 681. The number of para-hydroxylation sites is 1. The number of ketones is 1. The number of carbonyl (C=O) groups excluding carboxylic acids is 1. The number of hydrogen-bond donors (Lipinski definition) is 2. The zero-order chi connectivity index (χ0) is 12.9. The number of allylic oxidation sites excluding steroid dienone is 1. The van der Waals surface area contributed by atoms with Gasteiger partial charge in [0.25, 0.3) is 0 Å². The molecule has 1 aromatic carbocycles. The Morgan fingerprint density at radius 1 is 1.33 bits per heavy atom. The summed E-state index contributed by atoms with van der Waals surface area (Å²) >= 11 is 0. The molecule has 1 aromatic heterocycles. The molecule has 0 saturated carbocycles. The van der Waals surface area contributed by atoms with E-state index in [1.54, 1.807) is 6.92 Å². The van der Waals surface area contributed by atoms with Crippen molar-refractivity contribution in [2.45, 2.75) is 13.0 Å². The van der Waals surface area contributed by atoms with Crippen molar-refractivity contribution in [3.8, 4) is 0 Å². The third kappa shape index (κ3) is 1.26. The fourth-order valence-electron chi connectivity index (χ4n) is 2.50. The van der Waals surface area contributed by atoms with Gasteiger partial charge in [-0.25, -0.2) is 0 Å². The molecule has 1 aliphatic rings. The smallest absolute Gasteiger partial charge is 0.230 e. The summed E-state index contributed by atoms with van der Waals surface area (Å²) in [5.41, 5.74) is 2.46. The number of fused-ring (bicyclic) bond motifs is 3. The Labute approximate surface area is 104 Å². The van der Waals surface area contributed by atoms with Crippen LogP contribution in [0.4, 0.5) is 0 Å². The molecule has 3 rings (SSSR count). The Hall–Kier alpha value is -2.07. The number of nitrogens with one attached hydrogen (secondary N) is 1.